The van der Waals surface area contributed by atoms with E-state index in [-0.39, 0.29) is 6.42 Å². The number of hydrogen-bond donors (Lipinski definition) is 3. The van der Waals surface area contributed by atoms with E-state index >= 15 is 0 Å². The fraction of sp³-hybridized carbons (Fsp3) is 0.100. The van der Waals surface area contributed by atoms with Gasteiger partial charge in [0.15, 0.2) is 0 Å². The van der Waals surface area contributed by atoms with Crippen LogP contribution >= 0.6 is 0 Å². The van der Waals surface area contributed by atoms with Crippen LogP contribution in [-0.4, -0.2) is 16.8 Å². The zero-order chi connectivity index (χ0) is 12.0. The minimum atomic E-state index is -0.419. The molecule has 1 heterocycles. The lowest BCUT2D eigenvalue weighted by Crippen LogP contribution is -2.30. The Morgan fingerprint density at radius 3 is 2.81 bits per heavy atom. The van der Waals surface area contributed by atoms with Gasteiger partial charge in [0.2, 0.25) is 5.91 Å². The second-order valence-corrected chi connectivity index (χ2v) is 3.05. The second-order valence-electron chi connectivity index (χ2n) is 3.05. The topological polar surface area (TPSA) is 111 Å². The molecule has 0 aliphatic heterocycles. The molecule has 0 saturated carbocycles. The summed E-state index contributed by atoms with van der Waals surface area (Å²) in [6.45, 7) is 0. The smallest absolute Gasteiger partial charge is 0.266 e. The highest BCUT2D eigenvalue weighted by atomic mass is 16.2. The van der Waals surface area contributed by atoms with Gasteiger partial charge >= 0.3 is 0 Å². The van der Waals surface area contributed by atoms with Crippen LogP contribution in [0.4, 0.5) is 0 Å². The van der Waals surface area contributed by atoms with Crippen LogP contribution in [0.3, 0.4) is 0 Å². The van der Waals surface area contributed by atoms with Gasteiger partial charge in [0.25, 0.3) is 5.91 Å². The number of carbonyl (C=O) groups excluding carboxylic acids is 2. The third-order valence-electron chi connectivity index (χ3n) is 1.78. The Labute approximate surface area is 92.3 Å². The number of aromatic nitrogens is 1. The SMILES string of the molecule is NNC(=O)c1cncc(C=CCC(N)=O)c1. The Morgan fingerprint density at radius 2 is 2.19 bits per heavy atom. The molecule has 16 heavy (non-hydrogen) atoms. The van der Waals surface area contributed by atoms with Crippen molar-refractivity contribution in [2.45, 2.75) is 6.42 Å². The van der Waals surface area contributed by atoms with Crippen LogP contribution in [0, 0.1) is 0 Å². The van der Waals surface area contributed by atoms with Crippen molar-refractivity contribution in [1.29, 1.82) is 0 Å². The Morgan fingerprint density at radius 1 is 1.44 bits per heavy atom. The third-order valence-corrected chi connectivity index (χ3v) is 1.78. The molecule has 0 bridgehead atoms. The zero-order valence-electron chi connectivity index (χ0n) is 8.51. The number of nitrogen functional groups attached to an aromatic ring is 1. The summed E-state index contributed by atoms with van der Waals surface area (Å²) < 4.78 is 0. The first-order chi connectivity index (χ1) is 7.63. The van der Waals surface area contributed by atoms with Gasteiger partial charge in [-0.3, -0.25) is 20.0 Å². The minimum Gasteiger partial charge on any atom is -0.369 e. The van der Waals surface area contributed by atoms with Gasteiger partial charge < -0.3 is 5.73 Å². The summed E-state index contributed by atoms with van der Waals surface area (Å²) in [4.78, 5) is 25.5. The van der Waals surface area contributed by atoms with E-state index in [1.165, 1.54) is 6.20 Å². The lowest BCUT2D eigenvalue weighted by molar-refractivity contribution is -0.117. The van der Waals surface area contributed by atoms with Crippen LogP contribution in [0.1, 0.15) is 22.3 Å². The molecule has 0 fully saturated rings. The summed E-state index contributed by atoms with van der Waals surface area (Å²) in [5.74, 6) is 4.15. The largest absolute Gasteiger partial charge is 0.369 e. The lowest BCUT2D eigenvalue weighted by Gasteiger charge is -1.99. The first kappa shape index (κ1) is 11.9. The Kier molecular flexibility index (Phi) is 4.16. The van der Waals surface area contributed by atoms with Crippen LogP contribution < -0.4 is 17.0 Å². The van der Waals surface area contributed by atoms with E-state index in [1.54, 1.807) is 24.4 Å². The summed E-state index contributed by atoms with van der Waals surface area (Å²) in [6, 6.07) is 1.60. The molecular weight excluding hydrogens is 208 g/mol. The van der Waals surface area contributed by atoms with E-state index in [0.29, 0.717) is 11.1 Å². The number of nitrogens with zero attached hydrogens (tertiary/aromatic N) is 1. The number of amides is 2. The van der Waals surface area contributed by atoms with Gasteiger partial charge in [-0.2, -0.15) is 0 Å². The normalized spacial score (nSPS) is 10.3. The molecule has 2 amide bonds. The van der Waals surface area contributed by atoms with E-state index < -0.39 is 11.8 Å². The minimum absolute atomic E-state index is 0.146. The molecule has 0 atom stereocenters. The molecule has 0 aromatic carbocycles. The average Bonchev–Trinajstić information content (AvgIpc) is 2.28. The molecule has 0 aliphatic carbocycles. The third kappa shape index (κ3) is 3.50. The highest BCUT2D eigenvalue weighted by molar-refractivity contribution is 5.93. The van der Waals surface area contributed by atoms with Gasteiger partial charge in [0.1, 0.15) is 0 Å². The number of hydrogen-bond acceptors (Lipinski definition) is 4. The van der Waals surface area contributed by atoms with E-state index in [0.717, 1.165) is 0 Å². The Balaban J connectivity index is 2.78. The van der Waals surface area contributed by atoms with E-state index in [4.69, 9.17) is 11.6 Å². The fourth-order valence-electron chi connectivity index (χ4n) is 1.07. The summed E-state index contributed by atoms with van der Waals surface area (Å²) in [5.41, 5.74) is 8.02. The first-order valence-corrected chi connectivity index (χ1v) is 4.54. The molecule has 6 nitrogen and oxygen atoms in total. The molecule has 84 valence electrons. The molecule has 0 saturated heterocycles. The maximum Gasteiger partial charge on any atom is 0.266 e. The summed E-state index contributed by atoms with van der Waals surface area (Å²) in [6.07, 6.45) is 6.36. The number of primary amides is 1. The summed E-state index contributed by atoms with van der Waals surface area (Å²) in [7, 11) is 0. The van der Waals surface area contributed by atoms with E-state index in [9.17, 15) is 9.59 Å². The van der Waals surface area contributed by atoms with Crippen molar-refractivity contribution in [3.8, 4) is 0 Å². The molecule has 5 N–H and O–H groups in total. The number of hydrazine groups is 1. The van der Waals surface area contributed by atoms with Crippen LogP contribution in [0.2, 0.25) is 0 Å². The predicted molar refractivity (Wildman–Crippen MR) is 58.7 cm³/mol. The predicted octanol–water partition coefficient (Wildman–Crippen LogP) is -0.426. The van der Waals surface area contributed by atoms with Crippen molar-refractivity contribution in [3.63, 3.8) is 0 Å². The van der Waals surface area contributed by atoms with Crippen molar-refractivity contribution < 1.29 is 9.59 Å². The van der Waals surface area contributed by atoms with Crippen molar-refractivity contribution in [3.05, 3.63) is 35.7 Å². The molecule has 0 radical (unpaired) electrons. The molecule has 1 rings (SSSR count). The van der Waals surface area contributed by atoms with E-state index in [1.807, 2.05) is 5.43 Å². The van der Waals surface area contributed by atoms with Gasteiger partial charge in [-0.15, -0.1) is 0 Å². The lowest BCUT2D eigenvalue weighted by atomic mass is 10.2. The zero-order valence-corrected chi connectivity index (χ0v) is 8.51. The van der Waals surface area contributed by atoms with Crippen LogP contribution in [0.25, 0.3) is 6.08 Å². The number of nitrogens with one attached hydrogen (secondary N) is 1. The maximum absolute atomic E-state index is 11.2. The fourth-order valence-corrected chi connectivity index (χ4v) is 1.07. The van der Waals surface area contributed by atoms with Crippen molar-refractivity contribution in [1.82, 2.24) is 10.4 Å². The van der Waals surface area contributed by atoms with E-state index in [2.05, 4.69) is 4.98 Å². The highest BCUT2D eigenvalue weighted by Gasteiger charge is 2.03. The molecule has 1 aromatic heterocycles. The van der Waals surface area contributed by atoms with Gasteiger partial charge in [-0.25, -0.2) is 5.84 Å². The number of pyridine rings is 1. The van der Waals surface area contributed by atoms with Gasteiger partial charge in [-0.05, 0) is 11.6 Å². The average molecular weight is 220 g/mol. The van der Waals surface area contributed by atoms with Gasteiger partial charge in [0, 0.05) is 18.8 Å². The molecule has 6 heteroatoms. The maximum atomic E-state index is 11.2. The van der Waals surface area contributed by atoms with Crippen LogP contribution in [0.15, 0.2) is 24.5 Å². The monoisotopic (exact) mass is 220 g/mol. The summed E-state index contributed by atoms with van der Waals surface area (Å²) >= 11 is 0. The molecule has 1 aromatic rings. The van der Waals surface area contributed by atoms with Gasteiger partial charge in [0.05, 0.1) is 5.56 Å². The molecular formula is C10H12N4O2. The summed E-state index contributed by atoms with van der Waals surface area (Å²) in [5, 5.41) is 0. The number of rotatable bonds is 4. The second kappa shape index (κ2) is 5.62. The van der Waals surface area contributed by atoms with Crippen molar-refractivity contribution in [2.75, 3.05) is 0 Å². The Hall–Kier alpha value is -2.21. The first-order valence-electron chi connectivity index (χ1n) is 4.54. The number of carbonyl (C=O) groups is 2. The van der Waals surface area contributed by atoms with Crippen molar-refractivity contribution in [2.24, 2.45) is 11.6 Å². The quantitative estimate of drug-likeness (QED) is 0.363. The van der Waals surface area contributed by atoms with Crippen LogP contribution in [0.5, 0.6) is 0 Å². The standard InChI is InChI=1S/C10H12N4O2/c11-9(15)3-1-2-7-4-8(6-13-5-7)10(16)14-12/h1-2,4-6H,3,12H2,(H2,11,15)(H,14,16). The van der Waals surface area contributed by atoms with Crippen molar-refractivity contribution >= 4 is 17.9 Å². The Bertz CT molecular complexity index is 429. The highest BCUT2D eigenvalue weighted by Crippen LogP contribution is 2.05. The van der Waals surface area contributed by atoms with Gasteiger partial charge in [-0.1, -0.05) is 12.2 Å². The molecule has 0 unspecified atom stereocenters. The number of nitrogens with two attached hydrogens (primary N) is 2. The molecule has 0 aliphatic rings. The molecule has 0 spiro atoms. The van der Waals surface area contributed by atoms with Crippen LogP contribution in [-0.2, 0) is 4.79 Å².